The fraction of sp³-hybridized carbons (Fsp3) is 0.609. The molecule has 1 aliphatic heterocycles. The van der Waals surface area contributed by atoms with Crippen LogP contribution in [0, 0.1) is 26.7 Å². The van der Waals surface area contributed by atoms with Crippen LogP contribution in [0.25, 0.3) is 5.57 Å². The summed E-state index contributed by atoms with van der Waals surface area (Å²) in [5.74, 6) is 0.825. The molecule has 1 atom stereocenters. The number of hydrogen-bond donors (Lipinski definition) is 2. The van der Waals surface area contributed by atoms with Crippen molar-refractivity contribution in [3.8, 4) is 0 Å². The lowest BCUT2D eigenvalue weighted by Crippen LogP contribution is -2.48. The van der Waals surface area contributed by atoms with Gasteiger partial charge in [-0.15, -0.1) is 0 Å². The molecular formula is C23H33NO5. The van der Waals surface area contributed by atoms with E-state index in [2.05, 4.69) is 17.4 Å². The molecule has 1 amide bonds. The number of aliphatic hydroxyl groups is 1. The standard InChI is InChI=1S/C23H33NO5/c1-6-28-22(26)29-20-19(18-15(3)11-14(2)12-16(18)4)21(25)24-23(20)9-7-17(8-10-23)13-27-5/h11-12,17,22,26H,6-10,13H2,1-5H3,(H,24,25). The second-order valence-corrected chi connectivity index (χ2v) is 8.29. The molecule has 0 aromatic heterocycles. The average Bonchev–Trinajstić information content (AvgIpc) is 2.89. The minimum atomic E-state index is -1.41. The van der Waals surface area contributed by atoms with Gasteiger partial charge in [-0.2, -0.15) is 0 Å². The van der Waals surface area contributed by atoms with Crippen LogP contribution in [0.15, 0.2) is 17.9 Å². The quantitative estimate of drug-likeness (QED) is 0.683. The van der Waals surface area contributed by atoms with Crippen LogP contribution in [0.5, 0.6) is 0 Å². The second kappa shape index (κ2) is 8.86. The molecule has 6 heteroatoms. The van der Waals surface area contributed by atoms with Crippen LogP contribution < -0.4 is 5.32 Å². The van der Waals surface area contributed by atoms with E-state index in [0.717, 1.165) is 47.9 Å². The van der Waals surface area contributed by atoms with Gasteiger partial charge in [-0.05, 0) is 76.0 Å². The zero-order chi connectivity index (χ0) is 21.2. The number of methoxy groups -OCH3 is 1. The maximum Gasteiger partial charge on any atom is 0.313 e. The maximum atomic E-state index is 13.2. The van der Waals surface area contributed by atoms with Crippen molar-refractivity contribution in [2.75, 3.05) is 20.3 Å². The Bertz CT molecular complexity index is 769. The summed E-state index contributed by atoms with van der Waals surface area (Å²) in [5.41, 5.74) is 3.97. The summed E-state index contributed by atoms with van der Waals surface area (Å²) in [4.78, 5) is 13.2. The molecule has 6 nitrogen and oxygen atoms in total. The first kappa shape index (κ1) is 21.8. The number of amides is 1. The lowest BCUT2D eigenvalue weighted by atomic mass is 9.75. The Hall–Kier alpha value is -1.89. The number of benzene rings is 1. The number of carbonyl (C=O) groups is 1. The fourth-order valence-electron chi connectivity index (χ4n) is 4.85. The lowest BCUT2D eigenvalue weighted by Gasteiger charge is -2.39. The van der Waals surface area contributed by atoms with Crippen molar-refractivity contribution < 1.29 is 24.1 Å². The van der Waals surface area contributed by atoms with Gasteiger partial charge in [-0.1, -0.05) is 17.7 Å². The van der Waals surface area contributed by atoms with E-state index < -0.39 is 12.0 Å². The monoisotopic (exact) mass is 403 g/mol. The van der Waals surface area contributed by atoms with Gasteiger partial charge in [0.1, 0.15) is 5.76 Å². The molecule has 0 radical (unpaired) electrons. The molecule has 1 aromatic carbocycles. The highest BCUT2D eigenvalue weighted by atomic mass is 16.8. The van der Waals surface area contributed by atoms with Crippen LogP contribution in [0.2, 0.25) is 0 Å². The first-order valence-corrected chi connectivity index (χ1v) is 10.4. The van der Waals surface area contributed by atoms with Crippen molar-refractivity contribution in [2.45, 2.75) is 65.4 Å². The SMILES string of the molecule is CCOC(O)OC1=C(c2c(C)cc(C)cc2C)C(=O)NC12CCC(COC)CC2. The van der Waals surface area contributed by atoms with Crippen LogP contribution in [0.1, 0.15) is 54.9 Å². The first-order valence-electron chi connectivity index (χ1n) is 10.4. The molecule has 160 valence electrons. The summed E-state index contributed by atoms with van der Waals surface area (Å²) in [7, 11) is 1.72. The molecule has 1 saturated carbocycles. The minimum absolute atomic E-state index is 0.149. The Kier molecular flexibility index (Phi) is 6.66. The molecule has 2 N–H and O–H groups in total. The smallest absolute Gasteiger partial charge is 0.313 e. The topological polar surface area (TPSA) is 77.0 Å². The van der Waals surface area contributed by atoms with E-state index in [0.29, 0.717) is 30.5 Å². The van der Waals surface area contributed by atoms with E-state index in [-0.39, 0.29) is 5.91 Å². The van der Waals surface area contributed by atoms with Gasteiger partial charge in [0.15, 0.2) is 0 Å². The molecule has 29 heavy (non-hydrogen) atoms. The van der Waals surface area contributed by atoms with Gasteiger partial charge in [-0.3, -0.25) is 4.79 Å². The summed E-state index contributed by atoms with van der Waals surface area (Å²) in [6.07, 6.45) is 3.33. The molecule has 1 unspecified atom stereocenters. The van der Waals surface area contributed by atoms with Gasteiger partial charge < -0.3 is 24.6 Å². The second-order valence-electron chi connectivity index (χ2n) is 8.29. The third kappa shape index (κ3) is 4.34. The molecule has 1 aromatic rings. The molecule has 1 fully saturated rings. The summed E-state index contributed by atoms with van der Waals surface area (Å²) in [6.45, 7) is 7.48. The van der Waals surface area contributed by atoms with Crippen molar-refractivity contribution in [3.63, 3.8) is 0 Å². The van der Waals surface area contributed by atoms with Gasteiger partial charge in [0.2, 0.25) is 0 Å². The van der Waals surface area contributed by atoms with Crippen LogP contribution in [-0.2, 0) is 19.0 Å². The van der Waals surface area contributed by atoms with Crippen molar-refractivity contribution in [1.29, 1.82) is 0 Å². The van der Waals surface area contributed by atoms with Crippen LogP contribution in [0.3, 0.4) is 0 Å². The first-order chi connectivity index (χ1) is 13.8. The van der Waals surface area contributed by atoms with E-state index in [1.807, 2.05) is 20.8 Å². The molecule has 0 saturated heterocycles. The molecule has 0 bridgehead atoms. The summed E-state index contributed by atoms with van der Waals surface area (Å²) in [5, 5.41) is 13.5. The van der Waals surface area contributed by atoms with Gasteiger partial charge in [-0.25, -0.2) is 0 Å². The Morgan fingerprint density at radius 1 is 1.21 bits per heavy atom. The molecule has 1 aliphatic carbocycles. The number of hydrogen-bond acceptors (Lipinski definition) is 5. The predicted molar refractivity (Wildman–Crippen MR) is 111 cm³/mol. The third-order valence-electron chi connectivity index (χ3n) is 6.06. The van der Waals surface area contributed by atoms with Gasteiger partial charge in [0, 0.05) is 13.7 Å². The number of aliphatic hydroxyl groups excluding tert-OH is 1. The van der Waals surface area contributed by atoms with Crippen molar-refractivity contribution in [2.24, 2.45) is 5.92 Å². The number of nitrogens with one attached hydrogen (secondary N) is 1. The maximum absolute atomic E-state index is 13.2. The summed E-state index contributed by atoms with van der Waals surface area (Å²) in [6, 6.07) is 4.14. The molecule has 1 spiro atoms. The van der Waals surface area contributed by atoms with E-state index >= 15 is 0 Å². The Morgan fingerprint density at radius 2 is 1.83 bits per heavy atom. The van der Waals surface area contributed by atoms with E-state index in [1.165, 1.54) is 0 Å². The van der Waals surface area contributed by atoms with E-state index in [9.17, 15) is 9.90 Å². The number of ether oxygens (including phenoxy) is 3. The van der Waals surface area contributed by atoms with Crippen LogP contribution >= 0.6 is 0 Å². The molecular weight excluding hydrogens is 370 g/mol. The Morgan fingerprint density at radius 3 is 2.38 bits per heavy atom. The zero-order valence-electron chi connectivity index (χ0n) is 18.1. The summed E-state index contributed by atoms with van der Waals surface area (Å²) < 4.78 is 16.5. The highest BCUT2D eigenvalue weighted by Crippen LogP contribution is 2.46. The van der Waals surface area contributed by atoms with Crippen molar-refractivity contribution >= 4 is 11.5 Å². The molecule has 2 aliphatic rings. The highest BCUT2D eigenvalue weighted by Gasteiger charge is 2.50. The van der Waals surface area contributed by atoms with Gasteiger partial charge in [0.25, 0.3) is 5.91 Å². The minimum Gasteiger partial charge on any atom is -0.442 e. The largest absolute Gasteiger partial charge is 0.442 e. The van der Waals surface area contributed by atoms with Crippen LogP contribution in [-0.4, -0.2) is 43.4 Å². The van der Waals surface area contributed by atoms with Crippen molar-refractivity contribution in [3.05, 3.63) is 40.1 Å². The Balaban J connectivity index is 2.07. The highest BCUT2D eigenvalue weighted by molar-refractivity contribution is 6.24. The Labute approximate surface area is 173 Å². The van der Waals surface area contributed by atoms with Crippen molar-refractivity contribution in [1.82, 2.24) is 5.32 Å². The third-order valence-corrected chi connectivity index (χ3v) is 6.06. The van der Waals surface area contributed by atoms with Gasteiger partial charge in [0.05, 0.1) is 17.7 Å². The number of aryl methyl sites for hydroxylation is 3. The molecule has 3 rings (SSSR count). The summed E-state index contributed by atoms with van der Waals surface area (Å²) >= 11 is 0. The number of carbonyl (C=O) groups excluding carboxylic acids is 1. The molecule has 1 heterocycles. The predicted octanol–water partition coefficient (Wildman–Crippen LogP) is 3.36. The van der Waals surface area contributed by atoms with Gasteiger partial charge >= 0.3 is 6.48 Å². The average molecular weight is 404 g/mol. The van der Waals surface area contributed by atoms with E-state index in [1.54, 1.807) is 14.0 Å². The lowest BCUT2D eigenvalue weighted by molar-refractivity contribution is -0.246. The fourth-order valence-corrected chi connectivity index (χ4v) is 4.85. The normalized spacial score (nSPS) is 25.4. The van der Waals surface area contributed by atoms with E-state index in [4.69, 9.17) is 14.2 Å². The van der Waals surface area contributed by atoms with Crippen LogP contribution in [0.4, 0.5) is 0 Å². The zero-order valence-corrected chi connectivity index (χ0v) is 18.1. The number of rotatable bonds is 7.